The van der Waals surface area contributed by atoms with Gasteiger partial charge in [-0.25, -0.2) is 0 Å². The second-order valence-electron chi connectivity index (χ2n) is 6.50. The number of hydrogen-bond donors (Lipinski definition) is 1. The summed E-state index contributed by atoms with van der Waals surface area (Å²) in [7, 11) is 0. The molecule has 28 heavy (non-hydrogen) atoms. The number of allylic oxidation sites excluding steroid dienone is 1. The first-order chi connectivity index (χ1) is 13.7. The molecular formula is C25H18ClNO. The number of fused-ring (bicyclic) bond motifs is 1. The van der Waals surface area contributed by atoms with Gasteiger partial charge >= 0.3 is 0 Å². The van der Waals surface area contributed by atoms with Crippen molar-refractivity contribution in [3.63, 3.8) is 0 Å². The molecule has 0 aliphatic carbocycles. The lowest BCUT2D eigenvalue weighted by Gasteiger charge is -1.98. The van der Waals surface area contributed by atoms with Crippen molar-refractivity contribution in [2.24, 2.45) is 0 Å². The van der Waals surface area contributed by atoms with Gasteiger partial charge in [-0.15, -0.1) is 0 Å². The molecule has 1 aromatic heterocycles. The quantitative estimate of drug-likeness (QED) is 0.227. The van der Waals surface area contributed by atoms with E-state index in [0.29, 0.717) is 10.6 Å². The summed E-state index contributed by atoms with van der Waals surface area (Å²) in [5.74, 6) is -0.0324. The molecule has 3 heteroatoms. The highest BCUT2D eigenvalue weighted by atomic mass is 35.5. The fourth-order valence-corrected chi connectivity index (χ4v) is 3.20. The fraction of sp³-hybridized carbons (Fsp3) is 0. The third-order valence-electron chi connectivity index (χ3n) is 4.55. The Balaban J connectivity index is 1.48. The van der Waals surface area contributed by atoms with Crippen molar-refractivity contribution < 1.29 is 4.79 Å². The molecule has 0 aliphatic heterocycles. The van der Waals surface area contributed by atoms with Crippen LogP contribution >= 0.6 is 11.6 Å². The van der Waals surface area contributed by atoms with Crippen LogP contribution in [0.4, 0.5) is 0 Å². The largest absolute Gasteiger partial charge is 0.361 e. The third-order valence-corrected chi connectivity index (χ3v) is 4.79. The van der Waals surface area contributed by atoms with Crippen molar-refractivity contribution in [1.82, 2.24) is 4.98 Å². The molecule has 0 bridgehead atoms. The van der Waals surface area contributed by atoms with E-state index in [1.807, 2.05) is 79.0 Å². The molecule has 1 heterocycles. The summed E-state index contributed by atoms with van der Waals surface area (Å²) >= 11 is 6.08. The summed E-state index contributed by atoms with van der Waals surface area (Å²) in [5, 5.41) is 1.67. The predicted molar refractivity (Wildman–Crippen MR) is 118 cm³/mol. The van der Waals surface area contributed by atoms with Gasteiger partial charge in [0.1, 0.15) is 0 Å². The van der Waals surface area contributed by atoms with Crippen LogP contribution in [-0.2, 0) is 0 Å². The summed E-state index contributed by atoms with van der Waals surface area (Å²) in [6.45, 7) is 0. The van der Waals surface area contributed by atoms with Crippen LogP contribution in [0, 0.1) is 0 Å². The van der Waals surface area contributed by atoms with Crippen LogP contribution in [0.15, 0.2) is 85.1 Å². The zero-order chi connectivity index (χ0) is 19.3. The fourth-order valence-electron chi connectivity index (χ4n) is 3.03. The number of benzene rings is 3. The maximum atomic E-state index is 12.5. The van der Waals surface area contributed by atoms with E-state index >= 15 is 0 Å². The normalized spacial score (nSPS) is 11.6. The number of ketones is 1. The van der Waals surface area contributed by atoms with Gasteiger partial charge in [0.2, 0.25) is 0 Å². The Hall–Kier alpha value is -3.36. The van der Waals surface area contributed by atoms with E-state index in [9.17, 15) is 4.79 Å². The topological polar surface area (TPSA) is 32.9 Å². The highest BCUT2D eigenvalue weighted by Gasteiger charge is 2.04. The van der Waals surface area contributed by atoms with Crippen molar-refractivity contribution in [3.05, 3.63) is 112 Å². The van der Waals surface area contributed by atoms with E-state index in [0.717, 1.165) is 27.6 Å². The lowest BCUT2D eigenvalue weighted by Crippen LogP contribution is -1.93. The van der Waals surface area contributed by atoms with Gasteiger partial charge in [0.15, 0.2) is 5.78 Å². The Morgan fingerprint density at radius 3 is 2.29 bits per heavy atom. The molecule has 4 rings (SSSR count). The van der Waals surface area contributed by atoms with Gasteiger partial charge in [-0.05, 0) is 47.0 Å². The smallest absolute Gasteiger partial charge is 0.185 e. The van der Waals surface area contributed by atoms with Gasteiger partial charge in [0.25, 0.3) is 0 Å². The van der Waals surface area contributed by atoms with Crippen molar-refractivity contribution in [2.45, 2.75) is 0 Å². The molecule has 0 fully saturated rings. The molecule has 4 aromatic rings. The number of rotatable bonds is 5. The monoisotopic (exact) mass is 383 g/mol. The SMILES string of the molecule is O=C(/C=C/c1c[nH]c2ccc(Cl)cc12)c1ccc(/C=C/c2ccccc2)cc1. The van der Waals surface area contributed by atoms with E-state index in [1.54, 1.807) is 6.08 Å². The number of H-pyrrole nitrogens is 1. The lowest BCUT2D eigenvalue weighted by molar-refractivity contribution is 0.104. The Kier molecular flexibility index (Phi) is 5.22. The van der Waals surface area contributed by atoms with Crippen LogP contribution in [0.25, 0.3) is 29.1 Å². The van der Waals surface area contributed by atoms with E-state index in [-0.39, 0.29) is 5.78 Å². The van der Waals surface area contributed by atoms with Gasteiger partial charge in [-0.3, -0.25) is 4.79 Å². The molecule has 3 aromatic carbocycles. The number of aromatic nitrogens is 1. The second kappa shape index (κ2) is 8.12. The first-order valence-electron chi connectivity index (χ1n) is 9.01. The number of carbonyl (C=O) groups excluding carboxylic acids is 1. The van der Waals surface area contributed by atoms with Crippen LogP contribution in [0.5, 0.6) is 0 Å². The van der Waals surface area contributed by atoms with E-state index < -0.39 is 0 Å². The van der Waals surface area contributed by atoms with E-state index in [2.05, 4.69) is 23.2 Å². The summed E-state index contributed by atoms with van der Waals surface area (Å²) in [5.41, 5.74) is 4.78. The molecular weight excluding hydrogens is 366 g/mol. The van der Waals surface area contributed by atoms with Gasteiger partial charge in [-0.1, -0.05) is 78.4 Å². The summed E-state index contributed by atoms with van der Waals surface area (Å²) in [6.07, 6.45) is 9.38. The standard InChI is InChI=1S/C25H18ClNO/c26-22-13-14-24-23(16-22)21(17-27-24)12-15-25(28)20-10-8-19(9-11-20)7-6-18-4-2-1-3-5-18/h1-17,27H/b7-6+,15-12+. The van der Waals surface area contributed by atoms with Crippen molar-refractivity contribution >= 4 is 46.5 Å². The minimum absolute atomic E-state index is 0.0324. The molecule has 0 radical (unpaired) electrons. The van der Waals surface area contributed by atoms with Gasteiger partial charge in [0.05, 0.1) is 0 Å². The van der Waals surface area contributed by atoms with Crippen LogP contribution < -0.4 is 0 Å². The summed E-state index contributed by atoms with van der Waals surface area (Å²) in [6, 6.07) is 23.4. The molecule has 2 nitrogen and oxygen atoms in total. The molecule has 136 valence electrons. The average molecular weight is 384 g/mol. The second-order valence-corrected chi connectivity index (χ2v) is 6.93. The van der Waals surface area contributed by atoms with E-state index in [1.165, 1.54) is 0 Å². The minimum atomic E-state index is -0.0324. The number of halogens is 1. The first-order valence-corrected chi connectivity index (χ1v) is 9.39. The summed E-state index contributed by atoms with van der Waals surface area (Å²) in [4.78, 5) is 15.7. The van der Waals surface area contributed by atoms with Crippen molar-refractivity contribution in [3.8, 4) is 0 Å². The molecule has 0 spiro atoms. The molecule has 0 aliphatic rings. The van der Waals surface area contributed by atoms with Crippen LogP contribution in [0.3, 0.4) is 0 Å². The van der Waals surface area contributed by atoms with Crippen LogP contribution in [0.2, 0.25) is 5.02 Å². The number of aromatic amines is 1. The van der Waals surface area contributed by atoms with Gasteiger partial charge < -0.3 is 4.98 Å². The molecule has 0 saturated carbocycles. The molecule has 0 unspecified atom stereocenters. The zero-order valence-electron chi connectivity index (χ0n) is 15.1. The Labute approximate surface area is 168 Å². The highest BCUT2D eigenvalue weighted by molar-refractivity contribution is 6.31. The van der Waals surface area contributed by atoms with E-state index in [4.69, 9.17) is 11.6 Å². The Morgan fingerprint density at radius 1 is 0.821 bits per heavy atom. The molecule has 0 saturated heterocycles. The predicted octanol–water partition coefficient (Wildman–Crippen LogP) is 6.89. The molecule has 1 N–H and O–H groups in total. The number of hydrogen-bond acceptors (Lipinski definition) is 1. The van der Waals surface area contributed by atoms with Gasteiger partial charge in [0, 0.05) is 27.7 Å². The van der Waals surface area contributed by atoms with Crippen molar-refractivity contribution in [2.75, 3.05) is 0 Å². The number of carbonyl (C=O) groups is 1. The van der Waals surface area contributed by atoms with Crippen LogP contribution in [-0.4, -0.2) is 10.8 Å². The third kappa shape index (κ3) is 4.13. The highest BCUT2D eigenvalue weighted by Crippen LogP contribution is 2.23. The zero-order valence-corrected chi connectivity index (χ0v) is 15.9. The van der Waals surface area contributed by atoms with Gasteiger partial charge in [-0.2, -0.15) is 0 Å². The molecule has 0 atom stereocenters. The Bertz CT molecular complexity index is 1170. The first kappa shape index (κ1) is 18.0. The van der Waals surface area contributed by atoms with Crippen molar-refractivity contribution in [1.29, 1.82) is 0 Å². The minimum Gasteiger partial charge on any atom is -0.361 e. The number of nitrogens with one attached hydrogen (secondary N) is 1. The Morgan fingerprint density at radius 2 is 1.54 bits per heavy atom. The maximum absolute atomic E-state index is 12.5. The maximum Gasteiger partial charge on any atom is 0.185 e. The average Bonchev–Trinajstić information content (AvgIpc) is 3.13. The lowest BCUT2D eigenvalue weighted by atomic mass is 10.1. The van der Waals surface area contributed by atoms with Crippen LogP contribution in [0.1, 0.15) is 27.0 Å². The molecule has 0 amide bonds. The summed E-state index contributed by atoms with van der Waals surface area (Å²) < 4.78 is 0.